The van der Waals surface area contributed by atoms with Gasteiger partial charge in [0.05, 0.1) is 0 Å². The van der Waals surface area contributed by atoms with Crippen molar-refractivity contribution >= 4 is 17.2 Å². The minimum Gasteiger partial charge on any atom is -0.337 e. The molecule has 4 atom stereocenters. The smallest absolute Gasteiger partial charge is 0.245 e. The Morgan fingerprint density at radius 2 is 2.24 bits per heavy atom. The topological polar surface area (TPSA) is 32.3 Å². The van der Waals surface area contributed by atoms with Crippen LogP contribution in [0, 0.1) is 11.8 Å². The largest absolute Gasteiger partial charge is 0.337 e. The Labute approximate surface area is 130 Å². The number of amides is 1. The van der Waals surface area contributed by atoms with Gasteiger partial charge in [-0.2, -0.15) is 0 Å². The third-order valence-corrected chi connectivity index (χ3v) is 6.85. The SMILES string of the molecule is CNC1C(=O)N(C2CC3CCCC2C3)CCc2ccsc21. The lowest BCUT2D eigenvalue weighted by molar-refractivity contribution is -0.136. The lowest BCUT2D eigenvalue weighted by Gasteiger charge is -2.34. The second-order valence-corrected chi connectivity index (χ2v) is 7.86. The quantitative estimate of drug-likeness (QED) is 0.911. The molecule has 0 spiro atoms. The molecule has 0 saturated heterocycles. The monoisotopic (exact) mass is 304 g/mol. The predicted octanol–water partition coefficient (Wildman–Crippen LogP) is 2.97. The van der Waals surface area contributed by atoms with Gasteiger partial charge in [-0.15, -0.1) is 11.3 Å². The lowest BCUT2D eigenvalue weighted by atomic mass is 9.88. The number of carbonyl (C=O) groups excluding carboxylic acids is 1. The molecule has 1 N–H and O–H groups in total. The average Bonchev–Trinajstić information content (AvgIpc) is 3.02. The van der Waals surface area contributed by atoms with Crippen LogP contribution < -0.4 is 5.32 Å². The Morgan fingerprint density at radius 1 is 1.33 bits per heavy atom. The first-order chi connectivity index (χ1) is 10.3. The molecule has 3 nitrogen and oxygen atoms in total. The summed E-state index contributed by atoms with van der Waals surface area (Å²) in [6.07, 6.45) is 7.73. The van der Waals surface area contributed by atoms with Crippen molar-refractivity contribution in [3.63, 3.8) is 0 Å². The van der Waals surface area contributed by atoms with E-state index in [4.69, 9.17) is 0 Å². The van der Waals surface area contributed by atoms with Gasteiger partial charge in [0, 0.05) is 17.5 Å². The van der Waals surface area contributed by atoms with E-state index in [9.17, 15) is 4.79 Å². The minimum absolute atomic E-state index is 0.122. The van der Waals surface area contributed by atoms with E-state index in [1.165, 1.54) is 42.5 Å². The zero-order valence-electron chi connectivity index (χ0n) is 12.7. The van der Waals surface area contributed by atoms with Gasteiger partial charge in [-0.05, 0) is 61.6 Å². The van der Waals surface area contributed by atoms with Gasteiger partial charge in [0.1, 0.15) is 6.04 Å². The molecule has 2 saturated carbocycles. The van der Waals surface area contributed by atoms with Crippen LogP contribution in [0.25, 0.3) is 0 Å². The van der Waals surface area contributed by atoms with Crippen molar-refractivity contribution in [2.45, 2.75) is 50.6 Å². The van der Waals surface area contributed by atoms with Crippen molar-refractivity contribution in [3.05, 3.63) is 21.9 Å². The summed E-state index contributed by atoms with van der Waals surface area (Å²) in [5, 5.41) is 5.39. The van der Waals surface area contributed by atoms with Crippen LogP contribution in [0.5, 0.6) is 0 Å². The number of hydrogen-bond acceptors (Lipinski definition) is 3. The van der Waals surface area contributed by atoms with Crippen molar-refractivity contribution < 1.29 is 4.79 Å². The van der Waals surface area contributed by atoms with E-state index in [1.54, 1.807) is 11.3 Å². The zero-order chi connectivity index (χ0) is 14.4. The first-order valence-electron chi connectivity index (χ1n) is 8.32. The number of likely N-dealkylation sites (N-methyl/N-ethyl adjacent to an activating group) is 1. The number of nitrogens with zero attached hydrogens (tertiary/aromatic N) is 1. The average molecular weight is 304 g/mol. The van der Waals surface area contributed by atoms with Gasteiger partial charge in [0.25, 0.3) is 0 Å². The highest BCUT2D eigenvalue weighted by atomic mass is 32.1. The van der Waals surface area contributed by atoms with Gasteiger partial charge < -0.3 is 10.2 Å². The molecule has 4 heteroatoms. The highest BCUT2D eigenvalue weighted by molar-refractivity contribution is 7.10. The highest BCUT2D eigenvalue weighted by Crippen LogP contribution is 2.45. The molecule has 0 radical (unpaired) electrons. The van der Waals surface area contributed by atoms with E-state index < -0.39 is 0 Å². The summed E-state index contributed by atoms with van der Waals surface area (Å²) in [5.41, 5.74) is 1.37. The van der Waals surface area contributed by atoms with E-state index in [1.807, 2.05) is 7.05 Å². The van der Waals surface area contributed by atoms with Crippen molar-refractivity contribution in [2.24, 2.45) is 11.8 Å². The van der Waals surface area contributed by atoms with Gasteiger partial charge in [0.15, 0.2) is 0 Å². The molecule has 2 aliphatic carbocycles. The fourth-order valence-corrected chi connectivity index (χ4v) is 5.89. The lowest BCUT2D eigenvalue weighted by Crippen LogP contribution is -2.46. The Morgan fingerprint density at radius 3 is 3.05 bits per heavy atom. The molecule has 1 amide bonds. The summed E-state index contributed by atoms with van der Waals surface area (Å²) in [6.45, 7) is 0.911. The first-order valence-corrected chi connectivity index (χ1v) is 9.20. The molecule has 2 heterocycles. The van der Waals surface area contributed by atoms with Crippen LogP contribution in [-0.2, 0) is 11.2 Å². The van der Waals surface area contributed by atoms with E-state index in [0.29, 0.717) is 11.9 Å². The second kappa shape index (κ2) is 5.40. The summed E-state index contributed by atoms with van der Waals surface area (Å²) < 4.78 is 0. The summed E-state index contributed by atoms with van der Waals surface area (Å²) in [5.74, 6) is 1.96. The van der Waals surface area contributed by atoms with E-state index >= 15 is 0 Å². The van der Waals surface area contributed by atoms with Gasteiger partial charge in [0.2, 0.25) is 5.91 Å². The van der Waals surface area contributed by atoms with Crippen LogP contribution in [-0.4, -0.2) is 30.4 Å². The molecule has 1 aliphatic heterocycles. The Balaban J connectivity index is 1.62. The molecule has 0 aromatic carbocycles. The van der Waals surface area contributed by atoms with E-state index in [0.717, 1.165) is 24.8 Å². The molecule has 21 heavy (non-hydrogen) atoms. The number of hydrogen-bond donors (Lipinski definition) is 1. The second-order valence-electron chi connectivity index (χ2n) is 6.91. The molecular weight excluding hydrogens is 280 g/mol. The summed E-state index contributed by atoms with van der Waals surface area (Å²) in [6, 6.07) is 2.59. The number of nitrogens with one attached hydrogen (secondary N) is 1. The summed E-state index contributed by atoms with van der Waals surface area (Å²) in [4.78, 5) is 16.6. The normalized spacial score (nSPS) is 35.7. The predicted molar refractivity (Wildman–Crippen MR) is 85.4 cm³/mol. The van der Waals surface area contributed by atoms with Gasteiger partial charge in [-0.3, -0.25) is 4.79 Å². The maximum atomic E-state index is 13.1. The Hall–Kier alpha value is -0.870. The summed E-state index contributed by atoms with van der Waals surface area (Å²) >= 11 is 1.73. The molecule has 2 fully saturated rings. The van der Waals surface area contributed by atoms with Crippen molar-refractivity contribution in [1.82, 2.24) is 10.2 Å². The zero-order valence-corrected chi connectivity index (χ0v) is 13.5. The van der Waals surface area contributed by atoms with Crippen molar-refractivity contribution in [3.8, 4) is 0 Å². The van der Waals surface area contributed by atoms with Crippen LogP contribution >= 0.6 is 11.3 Å². The molecule has 4 rings (SSSR count). The first kappa shape index (κ1) is 13.8. The molecule has 3 aliphatic rings. The third kappa shape index (κ3) is 2.23. The van der Waals surface area contributed by atoms with Crippen LogP contribution in [0.2, 0.25) is 0 Å². The van der Waals surface area contributed by atoms with Crippen LogP contribution in [0.4, 0.5) is 0 Å². The minimum atomic E-state index is -0.122. The number of thiophene rings is 1. The molecule has 114 valence electrons. The fraction of sp³-hybridized carbons (Fsp3) is 0.706. The number of fused-ring (bicyclic) bond motifs is 3. The van der Waals surface area contributed by atoms with Crippen LogP contribution in [0.1, 0.15) is 48.6 Å². The Kier molecular flexibility index (Phi) is 3.54. The molecule has 4 unspecified atom stereocenters. The maximum absolute atomic E-state index is 13.1. The highest BCUT2D eigenvalue weighted by Gasteiger charge is 2.43. The standard InChI is InChI=1S/C17H24N2OS/c1-18-15-16-12(6-8-21-16)5-7-19(17(15)20)14-10-11-3-2-4-13(14)9-11/h6,8,11,13-15,18H,2-5,7,9-10H2,1H3. The Bertz CT molecular complexity index is 541. The number of rotatable bonds is 2. The van der Waals surface area contributed by atoms with Gasteiger partial charge in [-0.25, -0.2) is 0 Å². The van der Waals surface area contributed by atoms with Gasteiger partial charge >= 0.3 is 0 Å². The van der Waals surface area contributed by atoms with Crippen molar-refractivity contribution in [2.75, 3.05) is 13.6 Å². The molecular formula is C17H24N2OS. The van der Waals surface area contributed by atoms with Crippen LogP contribution in [0.15, 0.2) is 11.4 Å². The maximum Gasteiger partial charge on any atom is 0.245 e. The fourth-order valence-electron chi connectivity index (χ4n) is 4.83. The molecule has 1 aromatic rings. The van der Waals surface area contributed by atoms with E-state index in [2.05, 4.69) is 21.7 Å². The number of carbonyl (C=O) groups is 1. The third-order valence-electron chi connectivity index (χ3n) is 5.83. The van der Waals surface area contributed by atoms with Gasteiger partial charge in [-0.1, -0.05) is 12.8 Å². The molecule has 1 aromatic heterocycles. The van der Waals surface area contributed by atoms with Crippen LogP contribution in [0.3, 0.4) is 0 Å². The van der Waals surface area contributed by atoms with Crippen molar-refractivity contribution in [1.29, 1.82) is 0 Å². The van der Waals surface area contributed by atoms with E-state index in [-0.39, 0.29) is 6.04 Å². The molecule has 2 bridgehead atoms. The summed E-state index contributed by atoms with van der Waals surface area (Å²) in [7, 11) is 1.92.